The Morgan fingerprint density at radius 2 is 2.31 bits per heavy atom. The van der Waals surface area contributed by atoms with E-state index < -0.39 is 22.9 Å². The van der Waals surface area contributed by atoms with Crippen molar-refractivity contribution in [3.05, 3.63) is 31.0 Å². The second-order valence-electron chi connectivity index (χ2n) is 2.72. The average Bonchev–Trinajstić information content (AvgIpc) is 2.20. The van der Waals surface area contributed by atoms with Crippen LogP contribution in [-0.2, 0) is 6.42 Å². The monoisotopic (exact) mass is 339 g/mol. The molecule has 0 aliphatic rings. The van der Waals surface area contributed by atoms with Crippen LogP contribution in [0, 0.1) is 25.0 Å². The minimum Gasteiger partial charge on any atom is -0.358 e. The first-order valence-corrected chi connectivity index (χ1v) is 5.04. The fourth-order valence-corrected chi connectivity index (χ4v) is 1.82. The molecule has 0 N–H and O–H groups in total. The molecule has 0 aromatic carbocycles. The number of nitro groups is 1. The Balaban J connectivity index is 3.40. The lowest BCUT2D eigenvalue weighted by molar-refractivity contribution is -0.389. The van der Waals surface area contributed by atoms with Crippen LogP contribution in [0.15, 0.2) is 6.07 Å². The van der Waals surface area contributed by atoms with Crippen molar-refractivity contribution >= 4 is 28.4 Å². The number of pyridine rings is 1. The van der Waals surface area contributed by atoms with Crippen molar-refractivity contribution in [3.63, 3.8) is 0 Å². The first kappa shape index (κ1) is 12.7. The predicted molar refractivity (Wildman–Crippen MR) is 57.9 cm³/mol. The Morgan fingerprint density at radius 3 is 2.75 bits per heavy atom. The Labute approximate surface area is 102 Å². The molecule has 0 spiro atoms. The minimum absolute atomic E-state index is 0.0451. The molecule has 0 atom stereocenters. The van der Waals surface area contributed by atoms with E-state index in [0.717, 1.165) is 6.07 Å². The number of nitrogens with zero attached hydrogens (tertiary/aromatic N) is 3. The van der Waals surface area contributed by atoms with Gasteiger partial charge in [0.2, 0.25) is 5.69 Å². The average molecular weight is 339 g/mol. The standard InChI is InChI=1S/C8H4F2IN3O2/c9-8(10)7-4(1-2-12)5(11)3-6(13-7)14(15)16/h3,8H,1H2. The van der Waals surface area contributed by atoms with Crippen LogP contribution < -0.4 is 0 Å². The van der Waals surface area contributed by atoms with E-state index in [0.29, 0.717) is 0 Å². The summed E-state index contributed by atoms with van der Waals surface area (Å²) in [6.07, 6.45) is -3.18. The summed E-state index contributed by atoms with van der Waals surface area (Å²) in [6.45, 7) is 0. The fraction of sp³-hybridized carbons (Fsp3) is 0.250. The van der Waals surface area contributed by atoms with Crippen LogP contribution in [-0.4, -0.2) is 9.91 Å². The molecule has 0 saturated carbocycles. The molecule has 0 bridgehead atoms. The zero-order valence-corrected chi connectivity index (χ0v) is 9.81. The normalized spacial score (nSPS) is 10.2. The quantitative estimate of drug-likeness (QED) is 0.482. The van der Waals surface area contributed by atoms with Gasteiger partial charge < -0.3 is 10.1 Å². The van der Waals surface area contributed by atoms with Gasteiger partial charge in [-0.1, -0.05) is 0 Å². The van der Waals surface area contributed by atoms with Crippen LogP contribution >= 0.6 is 22.6 Å². The van der Waals surface area contributed by atoms with Crippen molar-refractivity contribution in [1.82, 2.24) is 4.98 Å². The predicted octanol–water partition coefficient (Wildman–Crippen LogP) is 2.60. The lowest BCUT2D eigenvalue weighted by Gasteiger charge is -2.03. The number of aromatic nitrogens is 1. The van der Waals surface area contributed by atoms with E-state index in [2.05, 4.69) is 4.98 Å². The summed E-state index contributed by atoms with van der Waals surface area (Å²) in [6, 6.07) is 2.79. The van der Waals surface area contributed by atoms with E-state index in [1.54, 1.807) is 28.7 Å². The van der Waals surface area contributed by atoms with Gasteiger partial charge in [0.15, 0.2) is 0 Å². The molecule has 0 unspecified atom stereocenters. The van der Waals surface area contributed by atoms with Crippen molar-refractivity contribution in [1.29, 1.82) is 5.26 Å². The Bertz CT molecular complexity index is 473. The Kier molecular flexibility index (Phi) is 4.05. The van der Waals surface area contributed by atoms with Crippen LogP contribution in [0.25, 0.3) is 0 Å². The molecule has 1 aromatic rings. The first-order chi connectivity index (χ1) is 7.47. The molecule has 84 valence electrons. The molecule has 0 aliphatic heterocycles. The molecule has 5 nitrogen and oxygen atoms in total. The first-order valence-electron chi connectivity index (χ1n) is 3.96. The van der Waals surface area contributed by atoms with E-state index in [-0.39, 0.29) is 15.6 Å². The maximum absolute atomic E-state index is 12.6. The number of halogens is 3. The number of nitriles is 1. The van der Waals surface area contributed by atoms with Gasteiger partial charge in [-0.15, -0.1) is 0 Å². The third kappa shape index (κ3) is 2.60. The molecule has 0 amide bonds. The smallest absolute Gasteiger partial charge is 0.358 e. The molecule has 0 saturated heterocycles. The van der Waals surface area contributed by atoms with Gasteiger partial charge in [0.05, 0.1) is 12.5 Å². The highest BCUT2D eigenvalue weighted by atomic mass is 127. The third-order valence-corrected chi connectivity index (χ3v) is 2.70. The lowest BCUT2D eigenvalue weighted by atomic mass is 10.1. The summed E-state index contributed by atoms with van der Waals surface area (Å²) in [5.41, 5.74) is -0.649. The largest absolute Gasteiger partial charge is 0.364 e. The molecule has 1 aromatic heterocycles. The molecule has 1 heterocycles. The van der Waals surface area contributed by atoms with Gasteiger partial charge in [-0.2, -0.15) is 5.26 Å². The Hall–Kier alpha value is -1.37. The van der Waals surface area contributed by atoms with E-state index in [9.17, 15) is 18.9 Å². The van der Waals surface area contributed by atoms with Crippen molar-refractivity contribution in [3.8, 4) is 6.07 Å². The van der Waals surface area contributed by atoms with Gasteiger partial charge in [-0.25, -0.2) is 8.78 Å². The SMILES string of the molecule is N#CCc1c(I)cc([N+](=O)[O-])nc1C(F)F. The zero-order valence-electron chi connectivity index (χ0n) is 7.65. The highest BCUT2D eigenvalue weighted by Crippen LogP contribution is 2.28. The molecular weight excluding hydrogens is 335 g/mol. The topological polar surface area (TPSA) is 79.8 Å². The molecule has 16 heavy (non-hydrogen) atoms. The fourth-order valence-electron chi connectivity index (χ4n) is 1.07. The van der Waals surface area contributed by atoms with Gasteiger partial charge >= 0.3 is 12.2 Å². The van der Waals surface area contributed by atoms with Crippen LogP contribution in [0.1, 0.15) is 17.7 Å². The van der Waals surface area contributed by atoms with E-state index in [1.165, 1.54) is 0 Å². The lowest BCUT2D eigenvalue weighted by Crippen LogP contribution is -2.04. The molecule has 0 aliphatic carbocycles. The van der Waals surface area contributed by atoms with Crippen molar-refractivity contribution < 1.29 is 13.7 Å². The van der Waals surface area contributed by atoms with Crippen molar-refractivity contribution in [2.24, 2.45) is 0 Å². The number of hydrogen-bond acceptors (Lipinski definition) is 4. The van der Waals surface area contributed by atoms with Crippen LogP contribution in [0.4, 0.5) is 14.6 Å². The van der Waals surface area contributed by atoms with Crippen LogP contribution in [0.3, 0.4) is 0 Å². The van der Waals surface area contributed by atoms with Gasteiger partial charge in [0.25, 0.3) is 0 Å². The van der Waals surface area contributed by atoms with E-state index in [1.807, 2.05) is 0 Å². The maximum atomic E-state index is 12.6. The summed E-state index contributed by atoms with van der Waals surface area (Å²) in [5.74, 6) is -0.638. The summed E-state index contributed by atoms with van der Waals surface area (Å²) in [7, 11) is 0. The number of hydrogen-bond donors (Lipinski definition) is 0. The molecule has 0 radical (unpaired) electrons. The van der Waals surface area contributed by atoms with Crippen molar-refractivity contribution in [2.45, 2.75) is 12.8 Å². The van der Waals surface area contributed by atoms with E-state index >= 15 is 0 Å². The van der Waals surface area contributed by atoms with Gasteiger partial charge in [0, 0.05) is 15.2 Å². The highest BCUT2D eigenvalue weighted by molar-refractivity contribution is 14.1. The second kappa shape index (κ2) is 5.11. The maximum Gasteiger partial charge on any atom is 0.364 e. The van der Waals surface area contributed by atoms with E-state index in [4.69, 9.17) is 5.26 Å². The van der Waals surface area contributed by atoms with Crippen LogP contribution in [0.5, 0.6) is 0 Å². The third-order valence-electron chi connectivity index (χ3n) is 1.74. The highest BCUT2D eigenvalue weighted by Gasteiger charge is 2.26. The Morgan fingerprint density at radius 1 is 1.69 bits per heavy atom. The summed E-state index contributed by atoms with van der Waals surface area (Å²) < 4.78 is 25.4. The van der Waals surface area contributed by atoms with Crippen molar-refractivity contribution in [2.75, 3.05) is 0 Å². The summed E-state index contributed by atoms with van der Waals surface area (Å²) >= 11 is 1.67. The summed E-state index contributed by atoms with van der Waals surface area (Å²) in [4.78, 5) is 12.8. The van der Waals surface area contributed by atoms with Gasteiger partial charge in [-0.3, -0.25) is 0 Å². The second-order valence-corrected chi connectivity index (χ2v) is 3.88. The van der Waals surface area contributed by atoms with Gasteiger partial charge in [-0.05, 0) is 32.5 Å². The number of alkyl halides is 2. The molecule has 0 fully saturated rings. The molecular formula is C8H4F2IN3O2. The molecule has 8 heteroatoms. The molecule has 1 rings (SSSR count). The zero-order chi connectivity index (χ0) is 12.3. The van der Waals surface area contributed by atoms with Crippen LogP contribution in [0.2, 0.25) is 0 Å². The summed E-state index contributed by atoms with van der Waals surface area (Å²) in [5, 5.41) is 18.9. The van der Waals surface area contributed by atoms with Gasteiger partial charge in [0.1, 0.15) is 0 Å². The number of rotatable bonds is 3. The minimum atomic E-state index is -2.93.